The highest BCUT2D eigenvalue weighted by Crippen LogP contribution is 2.10. The van der Waals surface area contributed by atoms with Crippen LogP contribution in [0.5, 0.6) is 0 Å². The lowest BCUT2D eigenvalue weighted by Crippen LogP contribution is -2.34. The zero-order valence-electron chi connectivity index (χ0n) is 9.96. The lowest BCUT2D eigenvalue weighted by atomic mass is 10.1. The molecule has 1 rings (SSSR count). The van der Waals surface area contributed by atoms with E-state index in [4.69, 9.17) is 0 Å². The molecule has 1 unspecified atom stereocenters. The number of halogens is 2. The lowest BCUT2D eigenvalue weighted by molar-refractivity contribution is 0.0928. The zero-order valence-corrected chi connectivity index (χ0v) is 9.96. The summed E-state index contributed by atoms with van der Waals surface area (Å²) < 4.78 is 26.1. The predicted octanol–water partition coefficient (Wildman–Crippen LogP) is 2.67. The summed E-state index contributed by atoms with van der Waals surface area (Å²) in [5, 5.41) is 2.68. The molecule has 0 radical (unpaired) electrons. The van der Waals surface area contributed by atoms with E-state index in [1.54, 1.807) is 0 Å². The van der Waals surface area contributed by atoms with Gasteiger partial charge in [-0.3, -0.25) is 4.79 Å². The van der Waals surface area contributed by atoms with E-state index in [-0.39, 0.29) is 11.6 Å². The van der Waals surface area contributed by atoms with Crippen molar-refractivity contribution in [3.63, 3.8) is 0 Å². The largest absolute Gasteiger partial charge is 0.349 e. The summed E-state index contributed by atoms with van der Waals surface area (Å²) in [6, 6.07) is 1.16. The second-order valence-corrected chi connectivity index (χ2v) is 3.83. The van der Waals surface area contributed by atoms with Gasteiger partial charge in [0.2, 0.25) is 5.95 Å². The maximum absolute atomic E-state index is 13.3. The zero-order chi connectivity index (χ0) is 12.8. The summed E-state index contributed by atoms with van der Waals surface area (Å²) in [7, 11) is 0. The van der Waals surface area contributed by atoms with Gasteiger partial charge in [-0.05, 0) is 18.9 Å². The first-order chi connectivity index (χ1) is 8.10. The first-order valence-corrected chi connectivity index (χ1v) is 5.71. The third kappa shape index (κ3) is 3.47. The van der Waals surface area contributed by atoms with E-state index in [1.807, 2.05) is 13.8 Å². The van der Waals surface area contributed by atoms with E-state index in [1.165, 1.54) is 6.07 Å². The molecule has 0 aliphatic carbocycles. The number of carbonyl (C=O) groups is 1. The first-order valence-electron chi connectivity index (χ1n) is 5.71. The molecule has 0 saturated heterocycles. The quantitative estimate of drug-likeness (QED) is 0.806. The van der Waals surface area contributed by atoms with Crippen LogP contribution in [-0.2, 0) is 0 Å². The molecule has 0 aromatic carbocycles. The number of carbonyl (C=O) groups excluding carboxylic acids is 1. The minimum absolute atomic E-state index is 0.0110. The van der Waals surface area contributed by atoms with Crippen LogP contribution >= 0.6 is 0 Å². The van der Waals surface area contributed by atoms with Crippen molar-refractivity contribution in [2.24, 2.45) is 0 Å². The Morgan fingerprint density at radius 3 is 2.76 bits per heavy atom. The van der Waals surface area contributed by atoms with Crippen molar-refractivity contribution in [1.82, 2.24) is 10.3 Å². The molecule has 17 heavy (non-hydrogen) atoms. The van der Waals surface area contributed by atoms with Gasteiger partial charge in [-0.25, -0.2) is 9.37 Å². The molecule has 3 nitrogen and oxygen atoms in total. The Morgan fingerprint density at radius 2 is 2.18 bits per heavy atom. The molecule has 1 heterocycles. The smallest absolute Gasteiger partial charge is 0.254 e. The first kappa shape index (κ1) is 13.5. The molecule has 5 heteroatoms. The maximum Gasteiger partial charge on any atom is 0.254 e. The molecule has 94 valence electrons. The molecule has 0 aliphatic heterocycles. The molecule has 0 spiro atoms. The fraction of sp³-hybridized carbons (Fsp3) is 0.500. The highest BCUT2D eigenvalue weighted by atomic mass is 19.2. The van der Waals surface area contributed by atoms with Gasteiger partial charge in [0.1, 0.15) is 0 Å². The van der Waals surface area contributed by atoms with Gasteiger partial charge in [0.25, 0.3) is 5.91 Å². The fourth-order valence-electron chi connectivity index (χ4n) is 1.58. The van der Waals surface area contributed by atoms with Gasteiger partial charge in [0.05, 0.1) is 5.56 Å². The molecule has 0 saturated carbocycles. The summed E-state index contributed by atoms with van der Waals surface area (Å²) in [4.78, 5) is 14.9. The van der Waals surface area contributed by atoms with Crippen LogP contribution in [0.15, 0.2) is 12.3 Å². The van der Waals surface area contributed by atoms with Crippen molar-refractivity contribution in [1.29, 1.82) is 0 Å². The highest BCUT2D eigenvalue weighted by molar-refractivity contribution is 5.94. The van der Waals surface area contributed by atoms with Crippen molar-refractivity contribution in [2.45, 2.75) is 39.2 Å². The topological polar surface area (TPSA) is 42.0 Å². The number of hydrogen-bond donors (Lipinski definition) is 1. The minimum atomic E-state index is -1.25. The molecule has 1 atom stereocenters. The molecular weight excluding hydrogens is 226 g/mol. The van der Waals surface area contributed by atoms with Crippen LogP contribution in [0, 0.1) is 11.8 Å². The Kier molecular flexibility index (Phi) is 5.00. The fourth-order valence-corrected chi connectivity index (χ4v) is 1.58. The van der Waals surface area contributed by atoms with Crippen LogP contribution in [0.3, 0.4) is 0 Å². The Morgan fingerprint density at radius 1 is 1.47 bits per heavy atom. The molecule has 1 aromatic rings. The SMILES string of the molecule is CCCC(CC)NC(=O)c1ccnc(F)c1F. The molecule has 1 N–H and O–H groups in total. The van der Waals surface area contributed by atoms with E-state index in [0.29, 0.717) is 0 Å². The van der Waals surface area contributed by atoms with E-state index >= 15 is 0 Å². The van der Waals surface area contributed by atoms with Gasteiger partial charge in [-0.1, -0.05) is 20.3 Å². The summed E-state index contributed by atoms with van der Waals surface area (Å²) in [6.07, 6.45) is 3.58. The minimum Gasteiger partial charge on any atom is -0.349 e. The van der Waals surface area contributed by atoms with E-state index < -0.39 is 17.7 Å². The van der Waals surface area contributed by atoms with Gasteiger partial charge < -0.3 is 5.32 Å². The van der Waals surface area contributed by atoms with Gasteiger partial charge in [0, 0.05) is 12.2 Å². The summed E-state index contributed by atoms with van der Waals surface area (Å²) >= 11 is 0. The number of aromatic nitrogens is 1. The van der Waals surface area contributed by atoms with Crippen LogP contribution in [0.4, 0.5) is 8.78 Å². The van der Waals surface area contributed by atoms with Crippen molar-refractivity contribution < 1.29 is 13.6 Å². The van der Waals surface area contributed by atoms with Crippen LogP contribution in [0.25, 0.3) is 0 Å². The van der Waals surface area contributed by atoms with Crippen LogP contribution in [-0.4, -0.2) is 16.9 Å². The van der Waals surface area contributed by atoms with Gasteiger partial charge in [-0.15, -0.1) is 0 Å². The molecule has 0 aliphatic rings. The Balaban J connectivity index is 2.79. The Labute approximate surface area is 99.2 Å². The average molecular weight is 242 g/mol. The average Bonchev–Trinajstić information content (AvgIpc) is 2.31. The molecule has 1 amide bonds. The van der Waals surface area contributed by atoms with Crippen LogP contribution in [0.2, 0.25) is 0 Å². The summed E-state index contributed by atoms with van der Waals surface area (Å²) in [6.45, 7) is 3.94. The third-order valence-corrected chi connectivity index (χ3v) is 2.56. The van der Waals surface area contributed by atoms with Crippen molar-refractivity contribution in [2.75, 3.05) is 0 Å². The summed E-state index contributed by atoms with van der Waals surface area (Å²) in [5.74, 6) is -3.04. The van der Waals surface area contributed by atoms with Crippen molar-refractivity contribution in [3.8, 4) is 0 Å². The van der Waals surface area contributed by atoms with E-state index in [9.17, 15) is 13.6 Å². The number of nitrogens with one attached hydrogen (secondary N) is 1. The number of hydrogen-bond acceptors (Lipinski definition) is 2. The molecule has 0 bridgehead atoms. The Bertz CT molecular complexity index is 396. The maximum atomic E-state index is 13.3. The summed E-state index contributed by atoms with van der Waals surface area (Å²) in [5.41, 5.74) is -0.299. The second kappa shape index (κ2) is 6.27. The van der Waals surface area contributed by atoms with Gasteiger partial charge >= 0.3 is 0 Å². The number of pyridine rings is 1. The van der Waals surface area contributed by atoms with Gasteiger partial charge in [0.15, 0.2) is 5.82 Å². The second-order valence-electron chi connectivity index (χ2n) is 3.83. The predicted molar refractivity (Wildman–Crippen MR) is 60.6 cm³/mol. The number of amides is 1. The molecule has 0 fully saturated rings. The standard InChI is InChI=1S/C12H16F2N2O/c1-3-5-8(4-2)16-12(17)9-6-7-15-11(14)10(9)13/h6-8H,3-5H2,1-2H3,(H,16,17). The normalized spacial score (nSPS) is 12.2. The van der Waals surface area contributed by atoms with Crippen LogP contribution in [0.1, 0.15) is 43.5 Å². The lowest BCUT2D eigenvalue weighted by Gasteiger charge is -2.16. The van der Waals surface area contributed by atoms with E-state index in [2.05, 4.69) is 10.3 Å². The van der Waals surface area contributed by atoms with E-state index in [0.717, 1.165) is 25.5 Å². The van der Waals surface area contributed by atoms with Gasteiger partial charge in [-0.2, -0.15) is 4.39 Å². The number of rotatable bonds is 5. The highest BCUT2D eigenvalue weighted by Gasteiger charge is 2.18. The molecular formula is C12H16F2N2O. The van der Waals surface area contributed by atoms with Crippen LogP contribution < -0.4 is 5.32 Å². The molecule has 1 aromatic heterocycles. The Hall–Kier alpha value is -1.52. The van der Waals surface area contributed by atoms with Crippen molar-refractivity contribution in [3.05, 3.63) is 29.6 Å². The number of nitrogens with zero attached hydrogens (tertiary/aromatic N) is 1. The monoisotopic (exact) mass is 242 g/mol. The van der Waals surface area contributed by atoms with Crippen molar-refractivity contribution >= 4 is 5.91 Å². The third-order valence-electron chi connectivity index (χ3n) is 2.56.